The second-order valence-corrected chi connectivity index (χ2v) is 4.65. The molecule has 1 fully saturated rings. The van der Waals surface area contributed by atoms with E-state index in [0.717, 1.165) is 0 Å². The molecule has 1 aromatic carbocycles. The van der Waals surface area contributed by atoms with Gasteiger partial charge in [-0.05, 0) is 12.1 Å². The van der Waals surface area contributed by atoms with Gasteiger partial charge in [0.25, 0.3) is 0 Å². The molecule has 0 aliphatic carbocycles. The van der Waals surface area contributed by atoms with E-state index in [1.165, 1.54) is 25.3 Å². The normalized spacial score (nSPS) is 32.7. The number of ether oxygens (including phenoxy) is 3. The Labute approximate surface area is 120 Å². The van der Waals surface area contributed by atoms with E-state index in [1.807, 2.05) is 0 Å². The fourth-order valence-corrected chi connectivity index (χ4v) is 2.03. The minimum absolute atomic E-state index is 0.0846. The SMILES string of the molecule is COc1cc(OC2OC(CO)C(O)[C@H](O)C2O)ccc1O. The number of phenolic OH excluding ortho intramolecular Hbond substituents is 1. The van der Waals surface area contributed by atoms with Crippen molar-refractivity contribution in [1.82, 2.24) is 0 Å². The number of aliphatic hydroxyl groups is 4. The molecule has 0 saturated carbocycles. The van der Waals surface area contributed by atoms with Gasteiger partial charge in [-0.1, -0.05) is 0 Å². The molecule has 8 nitrogen and oxygen atoms in total. The number of methoxy groups -OCH3 is 1. The third-order valence-corrected chi connectivity index (χ3v) is 3.25. The average Bonchev–Trinajstić information content (AvgIpc) is 2.49. The largest absolute Gasteiger partial charge is 0.504 e. The van der Waals surface area contributed by atoms with E-state index in [4.69, 9.17) is 19.3 Å². The number of aromatic hydroxyl groups is 1. The van der Waals surface area contributed by atoms with Crippen LogP contribution >= 0.6 is 0 Å². The van der Waals surface area contributed by atoms with Crippen LogP contribution in [0.2, 0.25) is 0 Å². The first-order valence-corrected chi connectivity index (χ1v) is 6.32. The lowest BCUT2D eigenvalue weighted by Crippen LogP contribution is -2.60. The van der Waals surface area contributed by atoms with Crippen molar-refractivity contribution in [2.75, 3.05) is 13.7 Å². The molecule has 5 N–H and O–H groups in total. The second-order valence-electron chi connectivity index (χ2n) is 4.65. The minimum atomic E-state index is -1.51. The summed E-state index contributed by atoms with van der Waals surface area (Å²) in [7, 11) is 1.37. The molecule has 0 bridgehead atoms. The molecule has 1 saturated heterocycles. The number of benzene rings is 1. The highest BCUT2D eigenvalue weighted by molar-refractivity contribution is 5.44. The fourth-order valence-electron chi connectivity index (χ4n) is 2.03. The van der Waals surface area contributed by atoms with Crippen LogP contribution in [0.15, 0.2) is 18.2 Å². The van der Waals surface area contributed by atoms with Gasteiger partial charge in [0.1, 0.15) is 30.2 Å². The smallest absolute Gasteiger partial charge is 0.229 e. The predicted molar refractivity (Wildman–Crippen MR) is 69.1 cm³/mol. The van der Waals surface area contributed by atoms with E-state index >= 15 is 0 Å². The maximum Gasteiger partial charge on any atom is 0.229 e. The van der Waals surface area contributed by atoms with Crippen LogP contribution < -0.4 is 9.47 Å². The number of rotatable bonds is 4. The van der Waals surface area contributed by atoms with E-state index in [1.54, 1.807) is 0 Å². The molecule has 5 atom stereocenters. The molecule has 8 heteroatoms. The van der Waals surface area contributed by atoms with E-state index < -0.39 is 37.3 Å². The Balaban J connectivity index is 2.14. The van der Waals surface area contributed by atoms with Crippen LogP contribution in [0.4, 0.5) is 0 Å². The minimum Gasteiger partial charge on any atom is -0.504 e. The zero-order valence-electron chi connectivity index (χ0n) is 11.3. The topological polar surface area (TPSA) is 129 Å². The molecule has 1 heterocycles. The molecule has 0 spiro atoms. The Bertz CT molecular complexity index is 477. The number of hydrogen-bond acceptors (Lipinski definition) is 8. The summed E-state index contributed by atoms with van der Waals surface area (Å²) in [4.78, 5) is 0. The van der Waals surface area contributed by atoms with Gasteiger partial charge in [0.15, 0.2) is 11.5 Å². The fraction of sp³-hybridized carbons (Fsp3) is 0.538. The highest BCUT2D eigenvalue weighted by atomic mass is 16.7. The van der Waals surface area contributed by atoms with Gasteiger partial charge in [-0.15, -0.1) is 0 Å². The van der Waals surface area contributed by atoms with Gasteiger partial charge in [-0.25, -0.2) is 0 Å². The summed E-state index contributed by atoms with van der Waals surface area (Å²) < 4.78 is 15.5. The van der Waals surface area contributed by atoms with Crippen molar-refractivity contribution in [2.45, 2.75) is 30.7 Å². The summed E-state index contributed by atoms with van der Waals surface area (Å²) in [5.41, 5.74) is 0. The maximum atomic E-state index is 9.84. The number of phenols is 1. The summed E-state index contributed by atoms with van der Waals surface area (Å²) in [5.74, 6) is 0.296. The molecule has 0 amide bonds. The molecule has 118 valence electrons. The van der Waals surface area contributed by atoms with Gasteiger partial charge in [0.05, 0.1) is 13.7 Å². The monoisotopic (exact) mass is 302 g/mol. The van der Waals surface area contributed by atoms with Crippen LogP contribution in [-0.2, 0) is 4.74 Å². The van der Waals surface area contributed by atoms with Crippen molar-refractivity contribution >= 4 is 0 Å². The van der Waals surface area contributed by atoms with Crippen LogP contribution in [-0.4, -0.2) is 70.0 Å². The Morgan fingerprint density at radius 2 is 1.86 bits per heavy atom. The first kappa shape index (κ1) is 15.8. The molecule has 21 heavy (non-hydrogen) atoms. The standard InChI is InChI=1S/C13H18O8/c1-19-8-4-6(2-3-7(8)15)20-13-12(18)11(17)10(16)9(5-14)21-13/h2-4,9-18H,5H2,1H3/t9?,10?,11-,12?,13?/m0/s1. The first-order chi connectivity index (χ1) is 9.97. The maximum absolute atomic E-state index is 9.84. The lowest BCUT2D eigenvalue weighted by atomic mass is 9.99. The first-order valence-electron chi connectivity index (χ1n) is 6.32. The van der Waals surface area contributed by atoms with Crippen molar-refractivity contribution in [3.8, 4) is 17.2 Å². The van der Waals surface area contributed by atoms with E-state index in [0.29, 0.717) is 0 Å². The van der Waals surface area contributed by atoms with Crippen LogP contribution in [0.5, 0.6) is 17.2 Å². The summed E-state index contributed by atoms with van der Waals surface area (Å²) in [6.07, 6.45) is -6.79. The molecule has 0 aromatic heterocycles. The van der Waals surface area contributed by atoms with Gasteiger partial charge in [-0.2, -0.15) is 0 Å². The van der Waals surface area contributed by atoms with E-state index in [2.05, 4.69) is 0 Å². The highest BCUT2D eigenvalue weighted by Crippen LogP contribution is 2.31. The van der Waals surface area contributed by atoms with Gasteiger partial charge in [0, 0.05) is 6.07 Å². The third kappa shape index (κ3) is 3.20. The molecule has 1 aliphatic heterocycles. The highest BCUT2D eigenvalue weighted by Gasteiger charge is 2.44. The summed E-state index contributed by atoms with van der Waals surface area (Å²) in [5, 5.41) is 47.7. The zero-order valence-corrected chi connectivity index (χ0v) is 11.3. The van der Waals surface area contributed by atoms with Crippen molar-refractivity contribution in [2.24, 2.45) is 0 Å². The van der Waals surface area contributed by atoms with E-state index in [9.17, 15) is 20.4 Å². The molecule has 4 unspecified atom stereocenters. The van der Waals surface area contributed by atoms with Crippen LogP contribution in [0.3, 0.4) is 0 Å². The summed E-state index contributed by atoms with van der Waals surface area (Å²) >= 11 is 0. The Kier molecular flexibility index (Phi) is 4.86. The second kappa shape index (κ2) is 6.46. The van der Waals surface area contributed by atoms with Crippen molar-refractivity contribution in [3.05, 3.63) is 18.2 Å². The van der Waals surface area contributed by atoms with Crippen molar-refractivity contribution in [3.63, 3.8) is 0 Å². The summed E-state index contributed by atoms with van der Waals surface area (Å²) in [6.45, 7) is -0.538. The molecule has 2 rings (SSSR count). The third-order valence-electron chi connectivity index (χ3n) is 3.25. The molecule has 0 radical (unpaired) electrons. The van der Waals surface area contributed by atoms with E-state index in [-0.39, 0.29) is 17.2 Å². The van der Waals surface area contributed by atoms with Crippen LogP contribution in [0.1, 0.15) is 0 Å². The Morgan fingerprint density at radius 3 is 2.48 bits per heavy atom. The number of hydrogen-bond donors (Lipinski definition) is 5. The van der Waals surface area contributed by atoms with Gasteiger partial charge >= 0.3 is 0 Å². The van der Waals surface area contributed by atoms with Crippen LogP contribution in [0.25, 0.3) is 0 Å². The lowest BCUT2D eigenvalue weighted by Gasteiger charge is -2.39. The predicted octanol–water partition coefficient (Wildman–Crippen LogP) is -1.42. The van der Waals surface area contributed by atoms with Gasteiger partial charge < -0.3 is 39.7 Å². The summed E-state index contributed by atoms with van der Waals surface area (Å²) in [6, 6.07) is 4.12. The average molecular weight is 302 g/mol. The quantitative estimate of drug-likeness (QED) is 0.458. The Hall–Kier alpha value is -1.58. The van der Waals surface area contributed by atoms with Gasteiger partial charge in [-0.3, -0.25) is 0 Å². The molecule has 1 aliphatic rings. The Morgan fingerprint density at radius 1 is 1.14 bits per heavy atom. The molecular weight excluding hydrogens is 284 g/mol. The zero-order chi connectivity index (χ0) is 15.6. The number of aliphatic hydroxyl groups excluding tert-OH is 4. The van der Waals surface area contributed by atoms with Crippen LogP contribution in [0, 0.1) is 0 Å². The van der Waals surface area contributed by atoms with Crippen molar-refractivity contribution < 1.29 is 39.7 Å². The molecular formula is C13H18O8. The van der Waals surface area contributed by atoms with Crippen molar-refractivity contribution in [1.29, 1.82) is 0 Å². The lowest BCUT2D eigenvalue weighted by molar-refractivity contribution is -0.277. The molecule has 1 aromatic rings. The van der Waals surface area contributed by atoms with Gasteiger partial charge in [0.2, 0.25) is 6.29 Å².